The zero-order valence-corrected chi connectivity index (χ0v) is 14.7. The van der Waals surface area contributed by atoms with Gasteiger partial charge < -0.3 is 10.1 Å². The first kappa shape index (κ1) is 17.3. The lowest BCUT2D eigenvalue weighted by Crippen LogP contribution is -2.15. The van der Waals surface area contributed by atoms with E-state index in [2.05, 4.69) is 5.32 Å². The minimum absolute atomic E-state index is 0.164. The summed E-state index contributed by atoms with van der Waals surface area (Å²) in [6, 6.07) is 21.7. The Kier molecular flexibility index (Phi) is 5.59. The molecule has 0 aliphatic rings. The number of carbonyl (C=O) groups is 1. The topological polar surface area (TPSA) is 38.3 Å². The first-order chi connectivity index (χ1) is 12.1. The first-order valence-corrected chi connectivity index (χ1v) is 8.43. The number of rotatable bonds is 5. The standard InChI is InChI=1S/C20H15Cl2NO2/c21-15-10-11-19(25-16-7-2-1-3-8-16)18(13-15)23-20(24)12-14-6-4-5-9-17(14)22/h1-11,13H,12H2,(H,23,24). The SMILES string of the molecule is O=C(Cc1ccccc1Cl)Nc1cc(Cl)ccc1Oc1ccccc1. The van der Waals surface area contributed by atoms with Crippen LogP contribution in [0.4, 0.5) is 5.69 Å². The van der Waals surface area contributed by atoms with Crippen molar-refractivity contribution in [3.63, 3.8) is 0 Å². The monoisotopic (exact) mass is 371 g/mol. The molecule has 0 saturated carbocycles. The molecule has 126 valence electrons. The van der Waals surface area contributed by atoms with E-state index >= 15 is 0 Å². The number of ether oxygens (including phenoxy) is 1. The quantitative estimate of drug-likeness (QED) is 0.600. The molecule has 0 fully saturated rings. The predicted molar refractivity (Wildman–Crippen MR) is 102 cm³/mol. The smallest absolute Gasteiger partial charge is 0.228 e. The fourth-order valence-corrected chi connectivity index (χ4v) is 2.69. The van der Waals surface area contributed by atoms with E-state index in [-0.39, 0.29) is 12.3 Å². The van der Waals surface area contributed by atoms with Gasteiger partial charge in [0.2, 0.25) is 5.91 Å². The molecule has 0 saturated heterocycles. The van der Waals surface area contributed by atoms with E-state index < -0.39 is 0 Å². The minimum atomic E-state index is -0.201. The van der Waals surface area contributed by atoms with E-state index in [0.717, 1.165) is 5.56 Å². The van der Waals surface area contributed by atoms with Crippen LogP contribution in [0.1, 0.15) is 5.56 Å². The van der Waals surface area contributed by atoms with Gasteiger partial charge in [0.25, 0.3) is 0 Å². The Morgan fingerprint density at radius 1 is 0.920 bits per heavy atom. The fraction of sp³-hybridized carbons (Fsp3) is 0.0500. The van der Waals surface area contributed by atoms with Crippen molar-refractivity contribution in [2.45, 2.75) is 6.42 Å². The van der Waals surface area contributed by atoms with Gasteiger partial charge in [0.15, 0.2) is 5.75 Å². The van der Waals surface area contributed by atoms with Crippen molar-refractivity contribution in [3.8, 4) is 11.5 Å². The molecule has 3 rings (SSSR count). The van der Waals surface area contributed by atoms with Crippen LogP contribution in [0.25, 0.3) is 0 Å². The number of amides is 1. The van der Waals surface area contributed by atoms with Crippen LogP contribution in [-0.4, -0.2) is 5.91 Å². The molecular weight excluding hydrogens is 357 g/mol. The fourth-order valence-electron chi connectivity index (χ4n) is 2.31. The molecule has 3 nitrogen and oxygen atoms in total. The summed E-state index contributed by atoms with van der Waals surface area (Å²) >= 11 is 12.2. The number of hydrogen-bond donors (Lipinski definition) is 1. The van der Waals surface area contributed by atoms with Gasteiger partial charge in [-0.25, -0.2) is 0 Å². The van der Waals surface area contributed by atoms with Crippen molar-refractivity contribution >= 4 is 34.8 Å². The zero-order valence-electron chi connectivity index (χ0n) is 13.2. The highest BCUT2D eigenvalue weighted by molar-refractivity contribution is 6.31. The lowest BCUT2D eigenvalue weighted by atomic mass is 10.1. The summed E-state index contributed by atoms with van der Waals surface area (Å²) in [5.74, 6) is 0.989. The molecule has 0 unspecified atom stereocenters. The van der Waals surface area contributed by atoms with Crippen LogP contribution in [0, 0.1) is 0 Å². The Labute approximate surface area is 156 Å². The Balaban J connectivity index is 1.78. The van der Waals surface area contributed by atoms with Crippen LogP contribution in [-0.2, 0) is 11.2 Å². The van der Waals surface area contributed by atoms with Gasteiger partial charge >= 0.3 is 0 Å². The van der Waals surface area contributed by atoms with Crippen LogP contribution in [0.2, 0.25) is 10.0 Å². The van der Waals surface area contributed by atoms with Gasteiger partial charge in [0, 0.05) is 10.0 Å². The van der Waals surface area contributed by atoms with Crippen molar-refractivity contribution in [2.24, 2.45) is 0 Å². The summed E-state index contributed by atoms with van der Waals surface area (Å²) in [7, 11) is 0. The molecule has 0 aromatic heterocycles. The Morgan fingerprint density at radius 2 is 1.64 bits per heavy atom. The third kappa shape index (κ3) is 4.75. The average Bonchev–Trinajstić information content (AvgIpc) is 2.60. The van der Waals surface area contributed by atoms with E-state index in [1.807, 2.05) is 48.5 Å². The molecule has 0 heterocycles. The lowest BCUT2D eigenvalue weighted by molar-refractivity contribution is -0.115. The van der Waals surface area contributed by atoms with Crippen molar-refractivity contribution in [3.05, 3.63) is 88.4 Å². The van der Waals surface area contributed by atoms with Gasteiger partial charge in [-0.15, -0.1) is 0 Å². The minimum Gasteiger partial charge on any atom is -0.455 e. The number of halogens is 2. The van der Waals surface area contributed by atoms with Gasteiger partial charge in [-0.1, -0.05) is 59.6 Å². The normalized spacial score (nSPS) is 10.3. The van der Waals surface area contributed by atoms with Crippen LogP contribution < -0.4 is 10.1 Å². The van der Waals surface area contributed by atoms with Gasteiger partial charge in [0.05, 0.1) is 12.1 Å². The molecule has 3 aromatic carbocycles. The van der Waals surface area contributed by atoms with E-state index in [4.69, 9.17) is 27.9 Å². The molecule has 0 aliphatic heterocycles. The van der Waals surface area contributed by atoms with E-state index in [1.165, 1.54) is 0 Å². The molecule has 0 aliphatic carbocycles. The van der Waals surface area contributed by atoms with Gasteiger partial charge in [-0.3, -0.25) is 4.79 Å². The first-order valence-electron chi connectivity index (χ1n) is 7.67. The number of para-hydroxylation sites is 1. The molecule has 5 heteroatoms. The second-order valence-electron chi connectivity index (χ2n) is 5.37. The number of nitrogens with one attached hydrogen (secondary N) is 1. The van der Waals surface area contributed by atoms with Gasteiger partial charge in [-0.2, -0.15) is 0 Å². The summed E-state index contributed by atoms with van der Waals surface area (Å²) in [6.07, 6.45) is 0.164. The molecule has 1 amide bonds. The highest BCUT2D eigenvalue weighted by Gasteiger charge is 2.12. The second-order valence-corrected chi connectivity index (χ2v) is 6.22. The molecule has 0 atom stereocenters. The van der Waals surface area contributed by atoms with E-state index in [1.54, 1.807) is 24.3 Å². The van der Waals surface area contributed by atoms with Crippen molar-refractivity contribution in [2.75, 3.05) is 5.32 Å². The molecular formula is C20H15Cl2NO2. The average molecular weight is 372 g/mol. The van der Waals surface area contributed by atoms with Gasteiger partial charge in [-0.05, 0) is 42.0 Å². The van der Waals surface area contributed by atoms with Gasteiger partial charge in [0.1, 0.15) is 5.75 Å². The highest BCUT2D eigenvalue weighted by Crippen LogP contribution is 2.32. The summed E-state index contributed by atoms with van der Waals surface area (Å²) in [5, 5.41) is 3.91. The van der Waals surface area contributed by atoms with Crippen molar-refractivity contribution < 1.29 is 9.53 Å². The molecule has 3 aromatic rings. The lowest BCUT2D eigenvalue weighted by Gasteiger charge is -2.13. The number of benzene rings is 3. The summed E-state index contributed by atoms with van der Waals surface area (Å²) < 4.78 is 5.84. The van der Waals surface area contributed by atoms with Crippen LogP contribution >= 0.6 is 23.2 Å². The van der Waals surface area contributed by atoms with E-state index in [0.29, 0.717) is 27.2 Å². The largest absolute Gasteiger partial charge is 0.455 e. The van der Waals surface area contributed by atoms with Crippen LogP contribution in [0.3, 0.4) is 0 Å². The zero-order chi connectivity index (χ0) is 17.6. The maximum absolute atomic E-state index is 12.4. The summed E-state index contributed by atoms with van der Waals surface area (Å²) in [5.41, 5.74) is 1.27. The van der Waals surface area contributed by atoms with E-state index in [9.17, 15) is 4.79 Å². The summed E-state index contributed by atoms with van der Waals surface area (Å²) in [4.78, 5) is 12.4. The number of carbonyl (C=O) groups excluding carboxylic acids is 1. The Bertz CT molecular complexity index is 882. The molecule has 0 bridgehead atoms. The molecule has 0 spiro atoms. The number of hydrogen-bond acceptors (Lipinski definition) is 2. The highest BCUT2D eigenvalue weighted by atomic mass is 35.5. The molecule has 1 N–H and O–H groups in total. The predicted octanol–water partition coefficient (Wildman–Crippen LogP) is 5.97. The third-order valence-electron chi connectivity index (χ3n) is 3.50. The molecule has 25 heavy (non-hydrogen) atoms. The molecule has 0 radical (unpaired) electrons. The number of anilines is 1. The second kappa shape index (κ2) is 8.06. The van der Waals surface area contributed by atoms with Crippen molar-refractivity contribution in [1.82, 2.24) is 0 Å². The van der Waals surface area contributed by atoms with Crippen LogP contribution in [0.15, 0.2) is 72.8 Å². The van der Waals surface area contributed by atoms with Crippen LogP contribution in [0.5, 0.6) is 11.5 Å². The maximum Gasteiger partial charge on any atom is 0.228 e. The Morgan fingerprint density at radius 3 is 2.40 bits per heavy atom. The van der Waals surface area contributed by atoms with Crippen molar-refractivity contribution in [1.29, 1.82) is 0 Å². The Hall–Kier alpha value is -2.49. The summed E-state index contributed by atoms with van der Waals surface area (Å²) in [6.45, 7) is 0. The third-order valence-corrected chi connectivity index (χ3v) is 4.10. The maximum atomic E-state index is 12.4.